The Morgan fingerprint density at radius 3 is 2.54 bits per heavy atom. The van der Waals surface area contributed by atoms with E-state index in [1.807, 2.05) is 13.0 Å². The third-order valence-corrected chi connectivity index (χ3v) is 3.87. The topological polar surface area (TPSA) is 56.7 Å². The van der Waals surface area contributed by atoms with Gasteiger partial charge in [0.2, 0.25) is 0 Å². The molecule has 0 amide bonds. The van der Waals surface area contributed by atoms with Crippen LogP contribution < -0.4 is 10.6 Å². The predicted molar refractivity (Wildman–Crippen MR) is 116 cm³/mol. The number of phenolic OH excluding ortho intramolecular Hbond substituents is 1. The molecule has 0 aromatic heterocycles. The number of guanidine groups is 1. The summed E-state index contributed by atoms with van der Waals surface area (Å²) in [7, 11) is 0. The molecule has 1 atom stereocenters. The van der Waals surface area contributed by atoms with Crippen LogP contribution in [0, 0.1) is 5.82 Å². The highest BCUT2D eigenvalue weighted by molar-refractivity contribution is 14.0. The highest BCUT2D eigenvalue weighted by Gasteiger charge is 2.06. The van der Waals surface area contributed by atoms with Crippen molar-refractivity contribution in [3.63, 3.8) is 0 Å². The smallest absolute Gasteiger partial charge is 0.191 e. The maximum Gasteiger partial charge on any atom is 0.191 e. The quantitative estimate of drug-likeness (QED) is 0.322. The van der Waals surface area contributed by atoms with Crippen LogP contribution in [0.1, 0.15) is 31.4 Å². The lowest BCUT2D eigenvalue weighted by molar-refractivity contribution is 0.432. The molecule has 2 aromatic carbocycles. The van der Waals surface area contributed by atoms with E-state index in [0.717, 1.165) is 19.4 Å². The van der Waals surface area contributed by atoms with Crippen LogP contribution in [0.15, 0.2) is 53.5 Å². The minimum Gasteiger partial charge on any atom is -0.505 e. The molecule has 26 heavy (non-hydrogen) atoms. The highest BCUT2D eigenvalue weighted by Crippen LogP contribution is 2.16. The van der Waals surface area contributed by atoms with Crippen molar-refractivity contribution in [1.29, 1.82) is 0 Å². The molecule has 0 aliphatic rings. The van der Waals surface area contributed by atoms with Crippen LogP contribution >= 0.6 is 24.0 Å². The Balaban J connectivity index is 0.00000338. The van der Waals surface area contributed by atoms with Crippen molar-refractivity contribution in [3.8, 4) is 5.75 Å². The summed E-state index contributed by atoms with van der Waals surface area (Å²) in [4.78, 5) is 4.50. The van der Waals surface area contributed by atoms with E-state index in [-0.39, 0.29) is 35.8 Å². The standard InChI is InChI=1S/C20H26FN3O.HI/c1-3-22-20(23-14-17-11-12-19(25)18(21)13-17)24-15(2)9-10-16-7-5-4-6-8-16;/h4-8,11-13,15,25H,3,9-10,14H2,1-2H3,(H2,22,23,24);1H. The van der Waals surface area contributed by atoms with E-state index in [0.29, 0.717) is 18.1 Å². The molecule has 0 bridgehead atoms. The van der Waals surface area contributed by atoms with Gasteiger partial charge in [0.1, 0.15) is 0 Å². The normalized spacial score (nSPS) is 12.2. The minimum absolute atomic E-state index is 0. The van der Waals surface area contributed by atoms with Gasteiger partial charge in [-0.15, -0.1) is 24.0 Å². The molecule has 0 aliphatic heterocycles. The van der Waals surface area contributed by atoms with Crippen molar-refractivity contribution >= 4 is 29.9 Å². The Bertz CT molecular complexity index is 695. The summed E-state index contributed by atoms with van der Waals surface area (Å²) < 4.78 is 13.4. The van der Waals surface area contributed by atoms with Crippen molar-refractivity contribution < 1.29 is 9.50 Å². The minimum atomic E-state index is -0.623. The van der Waals surface area contributed by atoms with Crippen molar-refractivity contribution in [2.75, 3.05) is 6.54 Å². The first-order valence-electron chi connectivity index (χ1n) is 8.64. The van der Waals surface area contributed by atoms with E-state index in [1.165, 1.54) is 17.7 Å². The van der Waals surface area contributed by atoms with Crippen LogP contribution in [0.5, 0.6) is 5.75 Å². The maximum atomic E-state index is 13.4. The Labute approximate surface area is 172 Å². The zero-order valence-corrected chi connectivity index (χ0v) is 17.5. The van der Waals surface area contributed by atoms with Crippen LogP contribution in [-0.4, -0.2) is 23.7 Å². The van der Waals surface area contributed by atoms with Crippen molar-refractivity contribution in [2.24, 2.45) is 4.99 Å². The number of benzene rings is 2. The Morgan fingerprint density at radius 1 is 1.15 bits per heavy atom. The number of nitrogens with zero attached hydrogens (tertiary/aromatic N) is 1. The number of rotatable bonds is 7. The van der Waals surface area contributed by atoms with E-state index in [1.54, 1.807) is 6.07 Å². The molecule has 1 unspecified atom stereocenters. The second kappa shape index (κ2) is 11.7. The second-order valence-corrected chi connectivity index (χ2v) is 6.05. The molecule has 0 spiro atoms. The predicted octanol–water partition coefficient (Wildman–Crippen LogP) is 4.23. The van der Waals surface area contributed by atoms with Crippen LogP contribution in [0.2, 0.25) is 0 Å². The van der Waals surface area contributed by atoms with Gasteiger partial charge in [-0.25, -0.2) is 9.38 Å². The Morgan fingerprint density at radius 2 is 1.88 bits per heavy atom. The molecule has 0 fully saturated rings. The number of aromatic hydroxyl groups is 1. The second-order valence-electron chi connectivity index (χ2n) is 6.05. The van der Waals surface area contributed by atoms with E-state index in [9.17, 15) is 9.50 Å². The molecule has 6 heteroatoms. The highest BCUT2D eigenvalue weighted by atomic mass is 127. The van der Waals surface area contributed by atoms with Gasteiger partial charge in [-0.3, -0.25) is 0 Å². The fourth-order valence-electron chi connectivity index (χ4n) is 2.47. The van der Waals surface area contributed by atoms with Gasteiger partial charge in [-0.05, 0) is 49.9 Å². The fourth-order valence-corrected chi connectivity index (χ4v) is 2.47. The monoisotopic (exact) mass is 471 g/mol. The molecular weight excluding hydrogens is 444 g/mol. The van der Waals surface area contributed by atoms with Crippen molar-refractivity contribution in [2.45, 2.75) is 39.3 Å². The molecule has 0 heterocycles. The summed E-state index contributed by atoms with van der Waals surface area (Å²) in [5, 5.41) is 15.8. The number of hydrogen-bond acceptors (Lipinski definition) is 2. The van der Waals surface area contributed by atoms with Gasteiger partial charge in [0.25, 0.3) is 0 Å². The summed E-state index contributed by atoms with van der Waals surface area (Å²) in [6, 6.07) is 15.0. The molecule has 142 valence electrons. The van der Waals surface area contributed by atoms with E-state index in [2.05, 4.69) is 46.8 Å². The lowest BCUT2D eigenvalue weighted by Crippen LogP contribution is -2.42. The third kappa shape index (κ3) is 7.59. The molecule has 0 aliphatic carbocycles. The molecule has 0 radical (unpaired) electrons. The molecule has 4 nitrogen and oxygen atoms in total. The van der Waals surface area contributed by atoms with Crippen molar-refractivity contribution in [1.82, 2.24) is 10.6 Å². The van der Waals surface area contributed by atoms with Gasteiger partial charge in [-0.2, -0.15) is 0 Å². The summed E-state index contributed by atoms with van der Waals surface area (Å²) in [5.41, 5.74) is 2.03. The van der Waals surface area contributed by atoms with Crippen LogP contribution in [0.25, 0.3) is 0 Å². The van der Waals surface area contributed by atoms with Crippen LogP contribution in [0.4, 0.5) is 4.39 Å². The molecular formula is C20H27FIN3O. The third-order valence-electron chi connectivity index (χ3n) is 3.87. The van der Waals surface area contributed by atoms with E-state index < -0.39 is 5.82 Å². The Kier molecular flexibility index (Phi) is 10.0. The first-order valence-corrected chi connectivity index (χ1v) is 8.64. The van der Waals surface area contributed by atoms with Gasteiger partial charge in [0.05, 0.1) is 6.54 Å². The molecule has 2 aromatic rings. The van der Waals surface area contributed by atoms with Gasteiger partial charge in [-0.1, -0.05) is 36.4 Å². The SMILES string of the molecule is CCNC(=NCc1ccc(O)c(F)c1)NC(C)CCc1ccccc1.I. The molecule has 0 saturated heterocycles. The number of phenols is 1. The van der Waals surface area contributed by atoms with Crippen LogP contribution in [-0.2, 0) is 13.0 Å². The Hall–Kier alpha value is -1.83. The average Bonchev–Trinajstić information content (AvgIpc) is 2.62. The van der Waals surface area contributed by atoms with Gasteiger partial charge < -0.3 is 15.7 Å². The zero-order valence-electron chi connectivity index (χ0n) is 15.2. The van der Waals surface area contributed by atoms with Gasteiger partial charge >= 0.3 is 0 Å². The number of halogens is 2. The van der Waals surface area contributed by atoms with E-state index in [4.69, 9.17) is 0 Å². The molecule has 3 N–H and O–H groups in total. The summed E-state index contributed by atoms with van der Waals surface area (Å²) >= 11 is 0. The molecule has 0 saturated carbocycles. The summed E-state index contributed by atoms with van der Waals surface area (Å²) in [6.07, 6.45) is 1.99. The maximum absolute atomic E-state index is 13.4. The molecule has 2 rings (SSSR count). The largest absolute Gasteiger partial charge is 0.505 e. The number of aryl methyl sites for hydroxylation is 1. The summed E-state index contributed by atoms with van der Waals surface area (Å²) in [6.45, 7) is 5.22. The van der Waals surface area contributed by atoms with E-state index >= 15 is 0 Å². The number of hydrogen-bond donors (Lipinski definition) is 3. The lowest BCUT2D eigenvalue weighted by atomic mass is 10.1. The number of aliphatic imine (C=N–C) groups is 1. The van der Waals surface area contributed by atoms with Crippen LogP contribution in [0.3, 0.4) is 0 Å². The van der Waals surface area contributed by atoms with Crippen molar-refractivity contribution in [3.05, 3.63) is 65.5 Å². The summed E-state index contributed by atoms with van der Waals surface area (Å²) in [5.74, 6) is -0.259. The first kappa shape index (κ1) is 22.2. The van der Waals surface area contributed by atoms with Gasteiger partial charge in [0, 0.05) is 12.6 Å². The lowest BCUT2D eigenvalue weighted by Gasteiger charge is -2.18. The average molecular weight is 471 g/mol. The fraction of sp³-hybridized carbons (Fsp3) is 0.350. The number of nitrogens with one attached hydrogen (secondary N) is 2. The first-order chi connectivity index (χ1) is 12.1. The zero-order chi connectivity index (χ0) is 18.1. The van der Waals surface area contributed by atoms with Gasteiger partial charge in [0.15, 0.2) is 17.5 Å².